The van der Waals surface area contributed by atoms with E-state index < -0.39 is 0 Å². The van der Waals surface area contributed by atoms with Crippen LogP contribution in [0.25, 0.3) is 11.0 Å². The largest absolute Gasteiger partial charge is 0.493 e. The molecule has 1 saturated heterocycles. The van der Waals surface area contributed by atoms with Gasteiger partial charge in [0.15, 0.2) is 5.58 Å². The average Bonchev–Trinajstić information content (AvgIpc) is 3.48. The molecule has 1 aliphatic carbocycles. The number of likely N-dealkylation sites (tertiary alicyclic amines) is 1. The van der Waals surface area contributed by atoms with E-state index in [4.69, 9.17) is 9.26 Å². The molecule has 1 aromatic heterocycles. The van der Waals surface area contributed by atoms with E-state index in [0.29, 0.717) is 0 Å². The minimum absolute atomic E-state index is 0.738. The molecule has 5 nitrogen and oxygen atoms in total. The fourth-order valence-corrected chi connectivity index (χ4v) is 4.48. The van der Waals surface area contributed by atoms with Crippen molar-refractivity contribution < 1.29 is 9.26 Å². The molecule has 0 amide bonds. The number of rotatable bonds is 10. The van der Waals surface area contributed by atoms with E-state index in [2.05, 4.69) is 61.1 Å². The molecule has 0 spiro atoms. The summed E-state index contributed by atoms with van der Waals surface area (Å²) < 4.78 is 12.0. The normalized spacial score (nSPS) is 18.1. The lowest BCUT2D eigenvalue weighted by molar-refractivity contribution is 0.194. The Labute approximate surface area is 187 Å². The lowest BCUT2D eigenvalue weighted by Crippen LogP contribution is -2.34. The highest BCUT2D eigenvalue weighted by atomic mass is 16.5. The van der Waals surface area contributed by atoms with Crippen LogP contribution < -0.4 is 4.74 Å². The van der Waals surface area contributed by atoms with E-state index in [1.165, 1.54) is 50.8 Å². The molecule has 2 aliphatic rings. The second-order valence-corrected chi connectivity index (χ2v) is 10.1. The SMILES string of the molecule is CC(C)=CCN1CCC(CCc2noc3c(CN(C)C)c(OCC4CC4)ccc23)CC1. The molecule has 1 aromatic carbocycles. The Balaban J connectivity index is 1.39. The van der Waals surface area contributed by atoms with Crippen molar-refractivity contribution in [3.63, 3.8) is 0 Å². The maximum atomic E-state index is 6.16. The Morgan fingerprint density at radius 2 is 1.94 bits per heavy atom. The first kappa shape index (κ1) is 22.3. The van der Waals surface area contributed by atoms with Crippen molar-refractivity contribution in [1.82, 2.24) is 15.0 Å². The Kier molecular flexibility index (Phi) is 7.34. The maximum absolute atomic E-state index is 6.16. The van der Waals surface area contributed by atoms with Gasteiger partial charge in [-0.3, -0.25) is 4.90 Å². The highest BCUT2D eigenvalue weighted by Gasteiger charge is 2.24. The van der Waals surface area contributed by atoms with Crippen molar-refractivity contribution >= 4 is 11.0 Å². The molecule has 4 rings (SSSR count). The number of allylic oxidation sites excluding steroid dienone is 1. The van der Waals surface area contributed by atoms with Gasteiger partial charge >= 0.3 is 0 Å². The van der Waals surface area contributed by atoms with Gasteiger partial charge in [-0.25, -0.2) is 0 Å². The van der Waals surface area contributed by atoms with Gasteiger partial charge in [-0.15, -0.1) is 0 Å². The molecule has 2 heterocycles. The Morgan fingerprint density at radius 3 is 2.61 bits per heavy atom. The fraction of sp³-hybridized carbons (Fsp3) is 0.654. The minimum Gasteiger partial charge on any atom is -0.493 e. The van der Waals surface area contributed by atoms with Gasteiger partial charge in [-0.05, 0) is 104 Å². The molecule has 0 bridgehead atoms. The number of hydrogen-bond acceptors (Lipinski definition) is 5. The number of benzene rings is 1. The highest BCUT2D eigenvalue weighted by Crippen LogP contribution is 2.35. The fourth-order valence-electron chi connectivity index (χ4n) is 4.48. The van der Waals surface area contributed by atoms with Crippen molar-refractivity contribution in [1.29, 1.82) is 0 Å². The number of piperidine rings is 1. The van der Waals surface area contributed by atoms with Gasteiger partial charge < -0.3 is 14.2 Å². The Morgan fingerprint density at radius 1 is 1.16 bits per heavy atom. The molecule has 1 aliphatic heterocycles. The van der Waals surface area contributed by atoms with Crippen LogP contribution in [0.3, 0.4) is 0 Å². The van der Waals surface area contributed by atoms with Gasteiger partial charge in [-0.2, -0.15) is 0 Å². The van der Waals surface area contributed by atoms with Crippen molar-refractivity contribution in [2.75, 3.05) is 40.3 Å². The summed E-state index contributed by atoms with van der Waals surface area (Å²) >= 11 is 0. The molecular formula is C26H39N3O2. The van der Waals surface area contributed by atoms with Crippen LogP contribution in [0, 0.1) is 11.8 Å². The summed E-state index contributed by atoms with van der Waals surface area (Å²) in [6.45, 7) is 9.51. The molecule has 0 radical (unpaired) electrons. The first-order valence-electron chi connectivity index (χ1n) is 12.0. The van der Waals surface area contributed by atoms with Crippen LogP contribution in [0.4, 0.5) is 0 Å². The molecule has 2 fully saturated rings. The molecule has 0 atom stereocenters. The zero-order valence-electron chi connectivity index (χ0n) is 19.8. The maximum Gasteiger partial charge on any atom is 0.175 e. The topological polar surface area (TPSA) is 41.7 Å². The standard InChI is InChI=1S/C26H39N3O2/c1-19(2)11-14-29-15-12-20(13-16-29)7-9-24-22-8-10-25(30-18-21-5-6-21)23(17-28(3)4)26(22)31-27-24/h8,10-11,20-21H,5-7,9,12-18H2,1-4H3. The van der Waals surface area contributed by atoms with E-state index in [1.807, 2.05) is 0 Å². The number of nitrogens with zero attached hydrogens (tertiary/aromatic N) is 3. The number of aromatic nitrogens is 1. The predicted molar refractivity (Wildman–Crippen MR) is 127 cm³/mol. The monoisotopic (exact) mass is 425 g/mol. The van der Waals surface area contributed by atoms with Crippen molar-refractivity contribution in [2.45, 2.75) is 58.9 Å². The molecular weight excluding hydrogens is 386 g/mol. The van der Waals surface area contributed by atoms with Crippen molar-refractivity contribution in [3.05, 3.63) is 35.0 Å². The van der Waals surface area contributed by atoms with Gasteiger partial charge in [0.2, 0.25) is 0 Å². The lowest BCUT2D eigenvalue weighted by atomic mass is 9.91. The van der Waals surface area contributed by atoms with Crippen LogP contribution in [0.15, 0.2) is 28.3 Å². The third-order valence-corrected chi connectivity index (χ3v) is 6.68. The van der Waals surface area contributed by atoms with Crippen LogP contribution in [0.1, 0.15) is 57.2 Å². The second-order valence-electron chi connectivity index (χ2n) is 10.1. The summed E-state index contributed by atoms with van der Waals surface area (Å²) in [7, 11) is 4.18. The Bertz CT molecular complexity index is 885. The van der Waals surface area contributed by atoms with Gasteiger partial charge in [-0.1, -0.05) is 16.8 Å². The second kappa shape index (κ2) is 10.2. The summed E-state index contributed by atoms with van der Waals surface area (Å²) in [5.41, 5.74) is 4.56. The molecule has 2 aromatic rings. The summed E-state index contributed by atoms with van der Waals surface area (Å²) in [5, 5.41) is 5.66. The Hall–Kier alpha value is -1.85. The van der Waals surface area contributed by atoms with Gasteiger partial charge in [0.25, 0.3) is 0 Å². The molecule has 170 valence electrons. The summed E-state index contributed by atoms with van der Waals surface area (Å²) in [5.74, 6) is 2.48. The van der Waals surface area contributed by atoms with Gasteiger partial charge in [0.05, 0.1) is 17.9 Å². The van der Waals surface area contributed by atoms with Gasteiger partial charge in [0.1, 0.15) is 5.75 Å². The predicted octanol–water partition coefficient (Wildman–Crippen LogP) is 5.29. The van der Waals surface area contributed by atoms with E-state index in [9.17, 15) is 0 Å². The molecule has 0 unspecified atom stereocenters. The molecule has 31 heavy (non-hydrogen) atoms. The summed E-state index contributed by atoms with van der Waals surface area (Å²) in [6, 6.07) is 4.29. The van der Waals surface area contributed by atoms with Crippen molar-refractivity contribution in [2.24, 2.45) is 11.8 Å². The van der Waals surface area contributed by atoms with E-state index >= 15 is 0 Å². The molecule has 0 N–H and O–H groups in total. The number of hydrogen-bond donors (Lipinski definition) is 0. The van der Waals surface area contributed by atoms with Crippen LogP contribution in [0.2, 0.25) is 0 Å². The lowest BCUT2D eigenvalue weighted by Gasteiger charge is -2.31. The minimum atomic E-state index is 0.738. The quantitative estimate of drug-likeness (QED) is 0.484. The summed E-state index contributed by atoms with van der Waals surface area (Å²) in [4.78, 5) is 4.75. The van der Waals surface area contributed by atoms with Crippen LogP contribution in [-0.4, -0.2) is 55.3 Å². The molecule has 5 heteroatoms. The van der Waals surface area contributed by atoms with Crippen LogP contribution in [0.5, 0.6) is 5.75 Å². The zero-order valence-corrected chi connectivity index (χ0v) is 19.8. The first-order valence-corrected chi connectivity index (χ1v) is 12.0. The smallest absolute Gasteiger partial charge is 0.175 e. The number of ether oxygens (including phenoxy) is 1. The number of fused-ring (bicyclic) bond motifs is 1. The average molecular weight is 426 g/mol. The van der Waals surface area contributed by atoms with Crippen LogP contribution in [-0.2, 0) is 13.0 Å². The van der Waals surface area contributed by atoms with Gasteiger partial charge in [0, 0.05) is 18.5 Å². The van der Waals surface area contributed by atoms with Crippen molar-refractivity contribution in [3.8, 4) is 5.75 Å². The van der Waals surface area contributed by atoms with E-state index in [1.54, 1.807) is 0 Å². The van der Waals surface area contributed by atoms with E-state index in [0.717, 1.165) is 65.9 Å². The first-order chi connectivity index (χ1) is 15.0. The third-order valence-electron chi connectivity index (χ3n) is 6.68. The number of aryl methyl sites for hydroxylation is 1. The third kappa shape index (κ3) is 6.11. The van der Waals surface area contributed by atoms with E-state index in [-0.39, 0.29) is 0 Å². The molecule has 1 saturated carbocycles. The van der Waals surface area contributed by atoms with Crippen LogP contribution >= 0.6 is 0 Å². The zero-order chi connectivity index (χ0) is 21.8. The highest BCUT2D eigenvalue weighted by molar-refractivity contribution is 5.84. The summed E-state index contributed by atoms with van der Waals surface area (Å²) in [6.07, 6.45) is 9.71.